The third kappa shape index (κ3) is 4.22. The van der Waals surface area contributed by atoms with Crippen LogP contribution < -0.4 is 19.7 Å². The molecule has 1 fully saturated rings. The highest BCUT2D eigenvalue weighted by atomic mass is 32.2. The predicted molar refractivity (Wildman–Crippen MR) is 121 cm³/mol. The molecule has 0 radical (unpaired) electrons. The van der Waals surface area contributed by atoms with Crippen LogP contribution in [0.5, 0.6) is 11.5 Å². The molecule has 7 nitrogen and oxygen atoms in total. The maximum Gasteiger partial charge on any atom is 0.414 e. The Morgan fingerprint density at radius 1 is 0.875 bits per heavy atom. The lowest BCUT2D eigenvalue weighted by atomic mass is 10.1. The summed E-state index contributed by atoms with van der Waals surface area (Å²) >= 11 is 1.54. The SMILES string of the molecule is O=C(Nc1cc2c(cc1Sc1ccccc1)OCCO2)c1ccc(N2CCOC2=O)cc1. The van der Waals surface area contributed by atoms with Crippen molar-refractivity contribution in [2.24, 2.45) is 0 Å². The van der Waals surface area contributed by atoms with Crippen LogP contribution in [0, 0.1) is 0 Å². The van der Waals surface area contributed by atoms with Crippen LogP contribution in [0.1, 0.15) is 10.4 Å². The van der Waals surface area contributed by atoms with Crippen molar-refractivity contribution in [2.45, 2.75) is 9.79 Å². The molecule has 2 aliphatic heterocycles. The molecule has 3 aromatic carbocycles. The van der Waals surface area contributed by atoms with E-state index in [1.54, 1.807) is 30.3 Å². The van der Waals surface area contributed by atoms with Crippen molar-refractivity contribution in [3.8, 4) is 11.5 Å². The Balaban J connectivity index is 1.39. The van der Waals surface area contributed by atoms with Gasteiger partial charge < -0.3 is 19.5 Å². The lowest BCUT2D eigenvalue weighted by Gasteiger charge is -2.21. The number of hydrogen-bond donors (Lipinski definition) is 1. The highest BCUT2D eigenvalue weighted by molar-refractivity contribution is 7.99. The standard InChI is InChI=1S/C24H20N2O5S/c27-23(16-6-8-17(9-7-16)26-10-11-31-24(26)28)25-19-14-20-21(30-13-12-29-20)15-22(19)32-18-4-2-1-3-5-18/h1-9,14-15H,10-13H2,(H,25,27). The Bertz CT molecular complexity index is 1150. The van der Waals surface area contributed by atoms with Gasteiger partial charge >= 0.3 is 6.09 Å². The maximum atomic E-state index is 13.0. The van der Waals surface area contributed by atoms with Gasteiger partial charge in [-0.1, -0.05) is 30.0 Å². The minimum absolute atomic E-state index is 0.257. The topological polar surface area (TPSA) is 77.1 Å². The average molecular weight is 449 g/mol. The molecule has 0 unspecified atom stereocenters. The Morgan fingerprint density at radius 2 is 1.59 bits per heavy atom. The van der Waals surface area contributed by atoms with Crippen molar-refractivity contribution in [3.63, 3.8) is 0 Å². The van der Waals surface area contributed by atoms with E-state index in [1.807, 2.05) is 36.4 Å². The van der Waals surface area contributed by atoms with Crippen molar-refractivity contribution in [3.05, 3.63) is 72.3 Å². The maximum absolute atomic E-state index is 13.0. The number of benzene rings is 3. The summed E-state index contributed by atoms with van der Waals surface area (Å²) in [5, 5.41) is 2.99. The number of carbonyl (C=O) groups excluding carboxylic acids is 2. The second-order valence-corrected chi connectivity index (χ2v) is 8.29. The summed E-state index contributed by atoms with van der Waals surface area (Å²) in [6.07, 6.45) is -0.374. The Morgan fingerprint density at radius 3 is 2.28 bits per heavy atom. The van der Waals surface area contributed by atoms with Gasteiger partial charge in [-0.2, -0.15) is 0 Å². The molecule has 2 heterocycles. The Labute approximate surface area is 189 Å². The molecule has 32 heavy (non-hydrogen) atoms. The molecule has 3 aromatic rings. The van der Waals surface area contributed by atoms with Crippen molar-refractivity contribution < 1.29 is 23.8 Å². The zero-order valence-corrected chi connectivity index (χ0v) is 17.9. The van der Waals surface area contributed by atoms with E-state index in [-0.39, 0.29) is 12.0 Å². The molecular formula is C24H20N2O5S. The van der Waals surface area contributed by atoms with E-state index in [0.29, 0.717) is 54.8 Å². The van der Waals surface area contributed by atoms with Gasteiger partial charge in [0.05, 0.1) is 12.2 Å². The zero-order chi connectivity index (χ0) is 21.9. The number of anilines is 2. The summed E-state index contributed by atoms with van der Waals surface area (Å²) in [5.41, 5.74) is 1.82. The van der Waals surface area contributed by atoms with Gasteiger partial charge in [0.1, 0.15) is 19.8 Å². The van der Waals surface area contributed by atoms with E-state index in [9.17, 15) is 9.59 Å². The van der Waals surface area contributed by atoms with Gasteiger partial charge in [-0.05, 0) is 36.4 Å². The van der Waals surface area contributed by atoms with Gasteiger partial charge in [-0.15, -0.1) is 0 Å². The van der Waals surface area contributed by atoms with E-state index in [1.165, 1.54) is 16.7 Å². The normalized spacial score (nSPS) is 14.8. The van der Waals surface area contributed by atoms with Gasteiger partial charge in [0, 0.05) is 33.2 Å². The first-order valence-corrected chi connectivity index (χ1v) is 11.0. The van der Waals surface area contributed by atoms with Gasteiger partial charge in [0.2, 0.25) is 0 Å². The van der Waals surface area contributed by atoms with Crippen LogP contribution in [-0.2, 0) is 4.74 Å². The molecule has 0 spiro atoms. The van der Waals surface area contributed by atoms with Crippen molar-refractivity contribution in [2.75, 3.05) is 36.6 Å². The van der Waals surface area contributed by atoms with Crippen LogP contribution in [0.4, 0.5) is 16.2 Å². The van der Waals surface area contributed by atoms with Gasteiger partial charge in [-0.3, -0.25) is 9.69 Å². The molecule has 0 aromatic heterocycles. The largest absolute Gasteiger partial charge is 0.486 e. The van der Waals surface area contributed by atoms with Crippen LogP contribution >= 0.6 is 11.8 Å². The second kappa shape index (κ2) is 8.84. The van der Waals surface area contributed by atoms with Crippen LogP contribution in [0.3, 0.4) is 0 Å². The molecule has 1 saturated heterocycles. The third-order valence-electron chi connectivity index (χ3n) is 5.07. The summed E-state index contributed by atoms with van der Waals surface area (Å²) in [7, 11) is 0. The lowest BCUT2D eigenvalue weighted by molar-refractivity contribution is 0.102. The first-order chi connectivity index (χ1) is 15.7. The molecule has 8 heteroatoms. The fourth-order valence-electron chi connectivity index (χ4n) is 3.48. The number of fused-ring (bicyclic) bond motifs is 1. The number of carbonyl (C=O) groups is 2. The van der Waals surface area contributed by atoms with Crippen molar-refractivity contribution >= 4 is 35.1 Å². The molecule has 0 saturated carbocycles. The molecule has 0 bridgehead atoms. The Hall–Kier alpha value is -3.65. The van der Waals surface area contributed by atoms with E-state index in [0.717, 1.165) is 9.79 Å². The van der Waals surface area contributed by atoms with Gasteiger partial charge in [0.25, 0.3) is 5.91 Å². The fourth-order valence-corrected chi connectivity index (χ4v) is 4.42. The summed E-state index contributed by atoms with van der Waals surface area (Å²) < 4.78 is 16.4. The minimum atomic E-state index is -0.374. The smallest absolute Gasteiger partial charge is 0.414 e. The predicted octanol–water partition coefficient (Wildman–Crippen LogP) is 4.82. The number of nitrogens with one attached hydrogen (secondary N) is 1. The number of amides is 2. The van der Waals surface area contributed by atoms with Crippen LogP contribution in [0.25, 0.3) is 0 Å². The highest BCUT2D eigenvalue weighted by Gasteiger charge is 2.24. The lowest BCUT2D eigenvalue weighted by Crippen LogP contribution is -2.23. The molecule has 162 valence electrons. The number of cyclic esters (lactones) is 1. The fraction of sp³-hybridized carbons (Fsp3) is 0.167. The van der Waals surface area contributed by atoms with E-state index in [2.05, 4.69) is 5.32 Å². The Kier molecular flexibility index (Phi) is 5.60. The molecule has 0 aliphatic carbocycles. The van der Waals surface area contributed by atoms with Crippen LogP contribution in [-0.4, -0.2) is 38.4 Å². The molecule has 1 N–H and O–H groups in total. The molecule has 2 aliphatic rings. The third-order valence-corrected chi connectivity index (χ3v) is 6.13. The second-order valence-electron chi connectivity index (χ2n) is 7.17. The van der Waals surface area contributed by atoms with Gasteiger partial charge in [-0.25, -0.2) is 4.79 Å². The van der Waals surface area contributed by atoms with E-state index in [4.69, 9.17) is 14.2 Å². The summed E-state index contributed by atoms with van der Waals surface area (Å²) in [5.74, 6) is 1.01. The number of rotatable bonds is 5. The summed E-state index contributed by atoms with van der Waals surface area (Å²) in [6.45, 7) is 1.83. The summed E-state index contributed by atoms with van der Waals surface area (Å²) in [4.78, 5) is 28.2. The first-order valence-electron chi connectivity index (χ1n) is 10.2. The molecule has 5 rings (SSSR count). The number of nitrogens with zero attached hydrogens (tertiary/aromatic N) is 1. The summed E-state index contributed by atoms with van der Waals surface area (Å²) in [6, 6.07) is 20.5. The van der Waals surface area contributed by atoms with Gasteiger partial charge in [0.15, 0.2) is 11.5 Å². The minimum Gasteiger partial charge on any atom is -0.486 e. The van der Waals surface area contributed by atoms with E-state index >= 15 is 0 Å². The first kappa shape index (κ1) is 20.3. The van der Waals surface area contributed by atoms with Crippen molar-refractivity contribution in [1.29, 1.82) is 0 Å². The quantitative estimate of drug-likeness (QED) is 0.603. The van der Waals surface area contributed by atoms with Crippen LogP contribution in [0.2, 0.25) is 0 Å². The monoisotopic (exact) mass is 448 g/mol. The van der Waals surface area contributed by atoms with E-state index < -0.39 is 0 Å². The highest BCUT2D eigenvalue weighted by Crippen LogP contribution is 2.42. The molecular weight excluding hydrogens is 428 g/mol. The number of ether oxygens (including phenoxy) is 3. The average Bonchev–Trinajstić information content (AvgIpc) is 3.26. The number of hydrogen-bond acceptors (Lipinski definition) is 6. The van der Waals surface area contributed by atoms with Crippen molar-refractivity contribution in [1.82, 2.24) is 0 Å². The molecule has 0 atom stereocenters. The molecule has 2 amide bonds. The van der Waals surface area contributed by atoms with Crippen LogP contribution in [0.15, 0.2) is 76.5 Å². The zero-order valence-electron chi connectivity index (χ0n) is 17.1.